The molecule has 1 aliphatic rings. The fraction of sp³-hybridized carbons (Fsp3) is 0.421. The summed E-state index contributed by atoms with van der Waals surface area (Å²) >= 11 is 0. The average Bonchev–Trinajstić information content (AvgIpc) is 2.93. The van der Waals surface area contributed by atoms with Gasteiger partial charge in [-0.05, 0) is 32.3 Å². The van der Waals surface area contributed by atoms with Crippen molar-refractivity contribution < 1.29 is 19.1 Å². The maximum Gasteiger partial charge on any atom is 0.407 e. The molecule has 1 aliphatic carbocycles. The van der Waals surface area contributed by atoms with Crippen LogP contribution in [0.25, 0.3) is 0 Å². The largest absolute Gasteiger partial charge is 0.445 e. The van der Waals surface area contributed by atoms with Crippen LogP contribution >= 0.6 is 0 Å². The third-order valence-electron chi connectivity index (χ3n) is 4.56. The summed E-state index contributed by atoms with van der Waals surface area (Å²) in [4.78, 5) is 37.1. The van der Waals surface area contributed by atoms with Gasteiger partial charge in [-0.1, -0.05) is 42.5 Å². The first kappa shape index (κ1) is 17.9. The van der Waals surface area contributed by atoms with E-state index in [1.165, 1.54) is 13.0 Å². The molecule has 128 valence electrons. The summed E-state index contributed by atoms with van der Waals surface area (Å²) < 4.78 is 5.00. The SMILES string of the molecule is C=CCOC(=O)N[C@@H](c1cccc(C)c1)C1(C(C)=O)CCCC1=O. The summed E-state index contributed by atoms with van der Waals surface area (Å²) in [5.41, 5.74) is 0.500. The third kappa shape index (κ3) is 3.40. The number of hydrogen-bond acceptors (Lipinski definition) is 4. The van der Waals surface area contributed by atoms with Gasteiger partial charge >= 0.3 is 6.09 Å². The van der Waals surface area contributed by atoms with Crippen molar-refractivity contribution in [3.63, 3.8) is 0 Å². The highest BCUT2D eigenvalue weighted by atomic mass is 16.5. The average molecular weight is 329 g/mol. The molecule has 5 heteroatoms. The zero-order chi connectivity index (χ0) is 17.7. The van der Waals surface area contributed by atoms with Gasteiger partial charge in [-0.2, -0.15) is 0 Å². The lowest BCUT2D eigenvalue weighted by molar-refractivity contribution is -0.139. The number of carbonyl (C=O) groups excluding carboxylic acids is 3. The first-order valence-corrected chi connectivity index (χ1v) is 8.07. The van der Waals surface area contributed by atoms with Crippen LogP contribution in [-0.2, 0) is 14.3 Å². The van der Waals surface area contributed by atoms with Crippen molar-refractivity contribution in [3.05, 3.63) is 48.0 Å². The van der Waals surface area contributed by atoms with Crippen molar-refractivity contribution in [2.24, 2.45) is 5.41 Å². The number of ketones is 2. The van der Waals surface area contributed by atoms with Gasteiger partial charge in [0.15, 0.2) is 0 Å². The van der Waals surface area contributed by atoms with Crippen molar-refractivity contribution in [1.29, 1.82) is 0 Å². The standard InChI is InChI=1S/C19H23NO4/c1-4-11-24-18(23)20-17(15-8-5-7-13(2)12-15)19(14(3)21)10-6-9-16(19)22/h4-5,7-8,12,17H,1,6,9-11H2,2-3H3,(H,20,23)/t17-,19?/m0/s1. The summed E-state index contributed by atoms with van der Waals surface area (Å²) in [5, 5.41) is 2.74. The Bertz CT molecular complexity index is 667. The number of benzene rings is 1. The first-order chi connectivity index (χ1) is 11.4. The summed E-state index contributed by atoms with van der Waals surface area (Å²) in [5.74, 6) is -0.342. The van der Waals surface area contributed by atoms with Gasteiger partial charge in [-0.25, -0.2) is 4.79 Å². The van der Waals surface area contributed by atoms with E-state index in [2.05, 4.69) is 11.9 Å². The Morgan fingerprint density at radius 2 is 2.21 bits per heavy atom. The van der Waals surface area contributed by atoms with E-state index in [0.717, 1.165) is 11.1 Å². The molecule has 0 heterocycles. The quantitative estimate of drug-likeness (QED) is 0.642. The molecule has 0 aliphatic heterocycles. The van der Waals surface area contributed by atoms with E-state index in [-0.39, 0.29) is 18.2 Å². The van der Waals surface area contributed by atoms with Gasteiger partial charge in [-0.15, -0.1) is 0 Å². The molecule has 0 radical (unpaired) electrons. The second kappa shape index (κ2) is 7.43. The topological polar surface area (TPSA) is 72.5 Å². The second-order valence-electron chi connectivity index (χ2n) is 6.18. The Morgan fingerprint density at radius 3 is 2.75 bits per heavy atom. The third-order valence-corrected chi connectivity index (χ3v) is 4.56. The molecule has 24 heavy (non-hydrogen) atoms. The maximum absolute atomic E-state index is 12.6. The molecule has 5 nitrogen and oxygen atoms in total. The number of nitrogens with one attached hydrogen (secondary N) is 1. The summed E-state index contributed by atoms with van der Waals surface area (Å²) in [6.07, 6.45) is 2.22. The Morgan fingerprint density at radius 1 is 1.46 bits per heavy atom. The van der Waals surface area contributed by atoms with Crippen LogP contribution in [0.1, 0.15) is 43.4 Å². The molecular weight excluding hydrogens is 306 g/mol. The molecule has 2 rings (SSSR count). The van der Waals surface area contributed by atoms with E-state index < -0.39 is 17.6 Å². The number of carbonyl (C=O) groups is 3. The number of alkyl carbamates (subject to hydrolysis) is 1. The van der Waals surface area contributed by atoms with Crippen LogP contribution in [0.2, 0.25) is 0 Å². The molecule has 1 saturated carbocycles. The Hall–Kier alpha value is -2.43. The van der Waals surface area contributed by atoms with Crippen LogP contribution in [0.15, 0.2) is 36.9 Å². The molecule has 1 aromatic carbocycles. The molecule has 1 unspecified atom stereocenters. The minimum absolute atomic E-state index is 0.0629. The van der Waals surface area contributed by atoms with E-state index in [9.17, 15) is 14.4 Å². The number of aryl methyl sites for hydroxylation is 1. The molecule has 1 amide bonds. The highest BCUT2D eigenvalue weighted by Gasteiger charge is 2.53. The normalized spacial score (nSPS) is 21.2. The first-order valence-electron chi connectivity index (χ1n) is 8.07. The molecule has 1 fully saturated rings. The molecular formula is C19H23NO4. The van der Waals surface area contributed by atoms with E-state index >= 15 is 0 Å². The molecule has 0 spiro atoms. The summed E-state index contributed by atoms with van der Waals surface area (Å²) in [6.45, 7) is 6.91. The van der Waals surface area contributed by atoms with Crippen LogP contribution in [0, 0.1) is 12.3 Å². The lowest BCUT2D eigenvalue weighted by atomic mass is 9.71. The van der Waals surface area contributed by atoms with Crippen LogP contribution in [-0.4, -0.2) is 24.3 Å². The van der Waals surface area contributed by atoms with Crippen LogP contribution in [0.4, 0.5) is 4.79 Å². The van der Waals surface area contributed by atoms with E-state index in [4.69, 9.17) is 4.74 Å². The lowest BCUT2D eigenvalue weighted by Gasteiger charge is -2.34. The van der Waals surface area contributed by atoms with Crippen molar-refractivity contribution in [3.8, 4) is 0 Å². The number of hydrogen-bond donors (Lipinski definition) is 1. The Kier molecular flexibility index (Phi) is 5.54. The maximum atomic E-state index is 12.6. The predicted octanol–water partition coefficient (Wildman–Crippen LogP) is 3.28. The molecule has 0 aromatic heterocycles. The molecule has 2 atom stereocenters. The number of Topliss-reactive ketones (excluding diaryl/α,β-unsaturated/α-hetero) is 2. The van der Waals surface area contributed by atoms with Crippen LogP contribution < -0.4 is 5.32 Å². The van der Waals surface area contributed by atoms with Crippen molar-refractivity contribution >= 4 is 17.7 Å². The fourth-order valence-corrected chi connectivity index (χ4v) is 3.41. The minimum Gasteiger partial charge on any atom is -0.445 e. The zero-order valence-corrected chi connectivity index (χ0v) is 14.1. The molecule has 0 saturated heterocycles. The zero-order valence-electron chi connectivity index (χ0n) is 14.1. The number of ether oxygens (including phenoxy) is 1. The van der Waals surface area contributed by atoms with Gasteiger partial charge < -0.3 is 10.1 Å². The van der Waals surface area contributed by atoms with Crippen molar-refractivity contribution in [2.45, 2.75) is 39.2 Å². The molecule has 1 aromatic rings. The lowest BCUT2D eigenvalue weighted by Crippen LogP contribution is -2.48. The van der Waals surface area contributed by atoms with E-state index in [1.807, 2.05) is 31.2 Å². The summed E-state index contributed by atoms with van der Waals surface area (Å²) in [6, 6.07) is 6.74. The fourth-order valence-electron chi connectivity index (χ4n) is 3.41. The molecule has 1 N–H and O–H groups in total. The van der Waals surface area contributed by atoms with Gasteiger partial charge in [0.25, 0.3) is 0 Å². The highest BCUT2D eigenvalue weighted by molar-refractivity contribution is 6.08. The van der Waals surface area contributed by atoms with Crippen LogP contribution in [0.5, 0.6) is 0 Å². The smallest absolute Gasteiger partial charge is 0.407 e. The predicted molar refractivity (Wildman–Crippen MR) is 90.6 cm³/mol. The molecule has 0 bridgehead atoms. The number of amides is 1. The highest BCUT2D eigenvalue weighted by Crippen LogP contribution is 2.46. The monoisotopic (exact) mass is 329 g/mol. The number of rotatable bonds is 6. The minimum atomic E-state index is -1.22. The van der Waals surface area contributed by atoms with Gasteiger partial charge in [0.1, 0.15) is 23.6 Å². The van der Waals surface area contributed by atoms with Gasteiger partial charge in [0.2, 0.25) is 0 Å². The second-order valence-corrected chi connectivity index (χ2v) is 6.18. The van der Waals surface area contributed by atoms with Gasteiger partial charge in [0.05, 0.1) is 6.04 Å². The van der Waals surface area contributed by atoms with Gasteiger partial charge in [0, 0.05) is 6.42 Å². The van der Waals surface area contributed by atoms with E-state index in [0.29, 0.717) is 19.3 Å². The van der Waals surface area contributed by atoms with Crippen molar-refractivity contribution in [2.75, 3.05) is 6.61 Å². The van der Waals surface area contributed by atoms with Crippen LogP contribution in [0.3, 0.4) is 0 Å². The Balaban J connectivity index is 2.45. The van der Waals surface area contributed by atoms with Gasteiger partial charge in [-0.3, -0.25) is 9.59 Å². The summed E-state index contributed by atoms with van der Waals surface area (Å²) in [7, 11) is 0. The van der Waals surface area contributed by atoms with Crippen molar-refractivity contribution in [1.82, 2.24) is 5.32 Å². The Labute approximate surface area is 142 Å². The van der Waals surface area contributed by atoms with E-state index in [1.54, 1.807) is 0 Å².